The molecular formula is C22H19Cl2NO3. The molecule has 144 valence electrons. The smallest absolute Gasteiger partial charge is 0.341 e. The number of carboxylic acid groups (broad SMARTS) is 1. The highest BCUT2D eigenvalue weighted by Crippen LogP contribution is 2.31. The zero-order valence-corrected chi connectivity index (χ0v) is 17.0. The number of benzene rings is 2. The summed E-state index contributed by atoms with van der Waals surface area (Å²) in [6, 6.07) is 14.2. The van der Waals surface area contributed by atoms with E-state index < -0.39 is 11.4 Å². The molecule has 3 aromatic rings. The first kappa shape index (κ1) is 20.2. The summed E-state index contributed by atoms with van der Waals surface area (Å²) in [6.45, 7) is 4.42. The number of nitrogens with zero attached hydrogens (tertiary/aromatic N) is 1. The third kappa shape index (κ3) is 3.84. The Morgan fingerprint density at radius 2 is 1.79 bits per heavy atom. The van der Waals surface area contributed by atoms with Crippen molar-refractivity contribution in [1.29, 1.82) is 0 Å². The first-order valence-electron chi connectivity index (χ1n) is 8.83. The molecule has 0 spiro atoms. The van der Waals surface area contributed by atoms with E-state index in [4.69, 9.17) is 23.2 Å². The van der Waals surface area contributed by atoms with Crippen molar-refractivity contribution in [1.82, 2.24) is 4.57 Å². The molecule has 1 N–H and O–H groups in total. The van der Waals surface area contributed by atoms with Gasteiger partial charge in [-0.1, -0.05) is 53.5 Å². The largest absolute Gasteiger partial charge is 0.477 e. The quantitative estimate of drug-likeness (QED) is 0.603. The summed E-state index contributed by atoms with van der Waals surface area (Å²) >= 11 is 12.2. The maximum Gasteiger partial charge on any atom is 0.341 e. The van der Waals surface area contributed by atoms with E-state index in [0.717, 1.165) is 16.8 Å². The second-order valence-electron chi connectivity index (χ2n) is 6.51. The molecule has 0 unspecified atom stereocenters. The molecule has 28 heavy (non-hydrogen) atoms. The summed E-state index contributed by atoms with van der Waals surface area (Å²) in [5.41, 5.74) is 3.01. The molecule has 0 aliphatic carbocycles. The van der Waals surface area contributed by atoms with Gasteiger partial charge in [-0.15, -0.1) is 0 Å². The van der Waals surface area contributed by atoms with Gasteiger partial charge in [0.15, 0.2) is 5.43 Å². The van der Waals surface area contributed by atoms with Gasteiger partial charge in [-0.2, -0.15) is 0 Å². The lowest BCUT2D eigenvalue weighted by atomic mass is 9.99. The monoisotopic (exact) mass is 415 g/mol. The zero-order chi connectivity index (χ0) is 20.4. The first-order valence-corrected chi connectivity index (χ1v) is 9.59. The molecule has 0 aliphatic heterocycles. The molecule has 0 bridgehead atoms. The average molecular weight is 416 g/mol. The Kier molecular flexibility index (Phi) is 5.92. The van der Waals surface area contributed by atoms with Crippen molar-refractivity contribution in [3.63, 3.8) is 0 Å². The molecule has 1 aromatic heterocycles. The molecule has 0 saturated carbocycles. The molecule has 0 amide bonds. The lowest BCUT2D eigenvalue weighted by Crippen LogP contribution is -2.23. The van der Waals surface area contributed by atoms with Crippen LogP contribution in [0.3, 0.4) is 0 Å². The van der Waals surface area contributed by atoms with Gasteiger partial charge >= 0.3 is 5.97 Å². The molecule has 0 fully saturated rings. The maximum absolute atomic E-state index is 12.7. The van der Waals surface area contributed by atoms with Crippen molar-refractivity contribution in [2.24, 2.45) is 0 Å². The second kappa shape index (κ2) is 8.21. The van der Waals surface area contributed by atoms with Crippen LogP contribution in [0.15, 0.2) is 53.3 Å². The minimum atomic E-state index is -1.27. The number of aromatic carboxylic acids is 1. The van der Waals surface area contributed by atoms with E-state index in [1.54, 1.807) is 18.2 Å². The topological polar surface area (TPSA) is 59.3 Å². The van der Waals surface area contributed by atoms with E-state index in [2.05, 4.69) is 0 Å². The van der Waals surface area contributed by atoms with Crippen molar-refractivity contribution >= 4 is 29.2 Å². The minimum Gasteiger partial charge on any atom is -0.477 e. The number of halogens is 2. The van der Waals surface area contributed by atoms with Crippen LogP contribution in [0.1, 0.15) is 34.1 Å². The van der Waals surface area contributed by atoms with Crippen LogP contribution in [0.4, 0.5) is 0 Å². The first-order chi connectivity index (χ1) is 13.3. The summed E-state index contributed by atoms with van der Waals surface area (Å²) in [5.74, 6) is -1.27. The molecule has 0 radical (unpaired) electrons. The summed E-state index contributed by atoms with van der Waals surface area (Å²) in [6.07, 6.45) is 0.518. The molecule has 1 heterocycles. The van der Waals surface area contributed by atoms with Crippen molar-refractivity contribution < 1.29 is 9.90 Å². The molecule has 3 rings (SSSR count). The highest BCUT2D eigenvalue weighted by Gasteiger charge is 2.22. The van der Waals surface area contributed by atoms with E-state index in [9.17, 15) is 14.7 Å². The van der Waals surface area contributed by atoms with E-state index >= 15 is 0 Å². The van der Waals surface area contributed by atoms with Crippen LogP contribution in [0, 0.1) is 6.92 Å². The molecule has 0 saturated heterocycles. The maximum atomic E-state index is 12.7. The van der Waals surface area contributed by atoms with E-state index in [-0.39, 0.29) is 5.56 Å². The number of carbonyl (C=O) groups is 1. The Balaban J connectivity index is 2.30. The average Bonchev–Trinajstić information content (AvgIpc) is 2.65. The van der Waals surface area contributed by atoms with Crippen molar-refractivity contribution in [3.05, 3.63) is 91.2 Å². The highest BCUT2D eigenvalue weighted by molar-refractivity contribution is 6.42. The summed E-state index contributed by atoms with van der Waals surface area (Å²) < 4.78 is 1.86. The minimum absolute atomic E-state index is 0.270. The Bertz CT molecular complexity index is 1120. The lowest BCUT2D eigenvalue weighted by molar-refractivity contribution is 0.0695. The van der Waals surface area contributed by atoms with Gasteiger partial charge in [0.2, 0.25) is 0 Å². The normalized spacial score (nSPS) is 10.9. The Morgan fingerprint density at radius 3 is 2.39 bits per heavy atom. The van der Waals surface area contributed by atoms with Crippen LogP contribution in [0.2, 0.25) is 10.0 Å². The fourth-order valence-corrected chi connectivity index (χ4v) is 3.66. The van der Waals surface area contributed by atoms with Gasteiger partial charge in [-0.05, 0) is 37.1 Å². The SMILES string of the molecule is CCn1c(Cc2ccccc2C)cc(=O)c(C(=O)O)c1-c1ccc(Cl)c(Cl)c1. The van der Waals surface area contributed by atoms with Gasteiger partial charge in [0.05, 0.1) is 15.7 Å². The number of hydrogen-bond acceptors (Lipinski definition) is 2. The van der Waals surface area contributed by atoms with Gasteiger partial charge in [-0.3, -0.25) is 4.79 Å². The number of pyridine rings is 1. The Hall–Kier alpha value is -2.56. The van der Waals surface area contributed by atoms with Crippen LogP contribution >= 0.6 is 23.2 Å². The highest BCUT2D eigenvalue weighted by atomic mass is 35.5. The van der Waals surface area contributed by atoms with Gasteiger partial charge in [0.25, 0.3) is 0 Å². The van der Waals surface area contributed by atoms with Crippen molar-refractivity contribution in [2.45, 2.75) is 26.8 Å². The standard InChI is InChI=1S/C22H19Cl2NO3/c1-3-25-16(10-14-7-5-4-6-13(14)2)12-19(26)20(22(27)28)21(25)15-8-9-17(23)18(24)11-15/h4-9,11-12H,3,10H2,1-2H3,(H,27,28). The third-order valence-corrected chi connectivity index (χ3v) is 5.49. The summed E-state index contributed by atoms with van der Waals surface area (Å²) in [4.78, 5) is 24.6. The predicted octanol–water partition coefficient (Wildman–Crippen LogP) is 5.44. The number of rotatable bonds is 5. The number of carboxylic acids is 1. The van der Waals surface area contributed by atoms with E-state index in [1.165, 1.54) is 6.07 Å². The molecule has 6 heteroatoms. The van der Waals surface area contributed by atoms with Crippen molar-refractivity contribution in [2.75, 3.05) is 0 Å². The Morgan fingerprint density at radius 1 is 1.07 bits per heavy atom. The van der Waals surface area contributed by atoms with Gasteiger partial charge in [-0.25, -0.2) is 4.79 Å². The van der Waals surface area contributed by atoms with Crippen molar-refractivity contribution in [3.8, 4) is 11.3 Å². The lowest BCUT2D eigenvalue weighted by Gasteiger charge is -2.20. The predicted molar refractivity (Wildman–Crippen MR) is 113 cm³/mol. The van der Waals surface area contributed by atoms with Gasteiger partial charge in [0, 0.05) is 30.3 Å². The Labute approximate surface area is 173 Å². The van der Waals surface area contributed by atoms with Crippen LogP contribution < -0.4 is 5.43 Å². The van der Waals surface area contributed by atoms with Crippen LogP contribution in [-0.2, 0) is 13.0 Å². The third-order valence-electron chi connectivity index (χ3n) is 4.75. The molecular weight excluding hydrogens is 397 g/mol. The molecule has 4 nitrogen and oxygen atoms in total. The zero-order valence-electron chi connectivity index (χ0n) is 15.5. The fraction of sp³-hybridized carbons (Fsp3) is 0.182. The van der Waals surface area contributed by atoms with E-state index in [1.807, 2.05) is 42.7 Å². The molecule has 0 atom stereocenters. The van der Waals surface area contributed by atoms with Crippen LogP contribution in [0.5, 0.6) is 0 Å². The second-order valence-corrected chi connectivity index (χ2v) is 7.32. The molecule has 2 aromatic carbocycles. The number of hydrogen-bond donors (Lipinski definition) is 1. The summed E-state index contributed by atoms with van der Waals surface area (Å²) in [7, 11) is 0. The van der Waals surface area contributed by atoms with Crippen LogP contribution in [-0.4, -0.2) is 15.6 Å². The number of aryl methyl sites for hydroxylation is 1. The van der Waals surface area contributed by atoms with Gasteiger partial charge in [0.1, 0.15) is 5.56 Å². The van der Waals surface area contributed by atoms with Crippen LogP contribution in [0.25, 0.3) is 11.3 Å². The summed E-state index contributed by atoms with van der Waals surface area (Å²) in [5, 5.41) is 10.4. The molecule has 0 aliphatic rings. The van der Waals surface area contributed by atoms with Gasteiger partial charge < -0.3 is 9.67 Å². The van der Waals surface area contributed by atoms with E-state index in [0.29, 0.717) is 34.3 Å². The number of aromatic nitrogens is 1. The fourth-order valence-electron chi connectivity index (χ4n) is 3.36.